The lowest BCUT2D eigenvalue weighted by molar-refractivity contribution is -0.137. The minimum atomic E-state index is -4.35. The zero-order chi connectivity index (χ0) is 20.0. The fourth-order valence-electron chi connectivity index (χ4n) is 2.23. The zero-order valence-corrected chi connectivity index (χ0v) is 14.8. The number of aromatic amines is 1. The van der Waals surface area contributed by atoms with Gasteiger partial charge in [-0.2, -0.15) is 18.4 Å². The number of hydrogen-bond acceptors (Lipinski definition) is 6. The van der Waals surface area contributed by atoms with Crippen LogP contribution in [-0.4, -0.2) is 26.3 Å². The topological polar surface area (TPSA) is 85.3 Å². The second-order valence-corrected chi connectivity index (χ2v) is 5.79. The molecule has 3 rings (SSSR count). The van der Waals surface area contributed by atoms with E-state index in [2.05, 4.69) is 25.8 Å². The van der Waals surface area contributed by atoms with Gasteiger partial charge < -0.3 is 9.57 Å². The van der Waals surface area contributed by atoms with Crippen LogP contribution in [0.15, 0.2) is 53.7 Å². The first kappa shape index (κ1) is 19.3. The summed E-state index contributed by atoms with van der Waals surface area (Å²) in [6.07, 6.45) is -4.35. The van der Waals surface area contributed by atoms with Gasteiger partial charge in [0.05, 0.1) is 11.3 Å². The monoisotopic (exact) mass is 391 g/mol. The molecule has 10 heteroatoms. The Labute approximate surface area is 158 Å². The highest BCUT2D eigenvalue weighted by molar-refractivity contribution is 5.98. The van der Waals surface area contributed by atoms with Gasteiger partial charge in [0, 0.05) is 0 Å². The van der Waals surface area contributed by atoms with Crippen molar-refractivity contribution in [3.05, 3.63) is 71.0 Å². The first-order valence-corrected chi connectivity index (χ1v) is 8.20. The highest BCUT2D eigenvalue weighted by Crippen LogP contribution is 2.29. The van der Waals surface area contributed by atoms with Crippen molar-refractivity contribution in [2.75, 3.05) is 0 Å². The van der Waals surface area contributed by atoms with Crippen LogP contribution >= 0.6 is 0 Å². The van der Waals surface area contributed by atoms with Gasteiger partial charge in [-0.05, 0) is 54.4 Å². The Balaban J connectivity index is 1.51. The van der Waals surface area contributed by atoms with E-state index in [1.54, 1.807) is 19.1 Å². The van der Waals surface area contributed by atoms with E-state index in [-0.39, 0.29) is 13.2 Å². The lowest BCUT2D eigenvalue weighted by atomic mass is 10.1. The van der Waals surface area contributed by atoms with Gasteiger partial charge in [0.15, 0.2) is 6.61 Å². The molecule has 0 aliphatic rings. The van der Waals surface area contributed by atoms with Gasteiger partial charge in [-0.1, -0.05) is 22.5 Å². The zero-order valence-electron chi connectivity index (χ0n) is 14.8. The number of nitrogens with one attached hydrogen (secondary N) is 1. The average molecular weight is 391 g/mol. The summed E-state index contributed by atoms with van der Waals surface area (Å²) in [4.78, 5) is 5.24. The van der Waals surface area contributed by atoms with Crippen molar-refractivity contribution >= 4 is 5.71 Å². The maximum atomic E-state index is 12.5. The molecule has 0 bridgehead atoms. The minimum Gasteiger partial charge on any atom is -0.485 e. The molecule has 0 aliphatic heterocycles. The van der Waals surface area contributed by atoms with Crippen LogP contribution in [0.5, 0.6) is 5.75 Å². The molecule has 1 heterocycles. The van der Waals surface area contributed by atoms with Crippen molar-refractivity contribution in [3.63, 3.8) is 0 Å². The molecule has 0 fully saturated rings. The highest BCUT2D eigenvalue weighted by atomic mass is 19.4. The number of halogens is 3. The van der Waals surface area contributed by atoms with Crippen LogP contribution in [0.3, 0.4) is 0 Å². The molecular weight excluding hydrogens is 375 g/mol. The maximum Gasteiger partial charge on any atom is 0.416 e. The van der Waals surface area contributed by atoms with Crippen molar-refractivity contribution < 1.29 is 22.7 Å². The first-order valence-electron chi connectivity index (χ1n) is 8.20. The van der Waals surface area contributed by atoms with Gasteiger partial charge in [0.25, 0.3) is 0 Å². The lowest BCUT2D eigenvalue weighted by Crippen LogP contribution is -2.04. The van der Waals surface area contributed by atoms with Gasteiger partial charge in [-0.3, -0.25) is 0 Å². The smallest absolute Gasteiger partial charge is 0.416 e. The van der Waals surface area contributed by atoms with E-state index in [9.17, 15) is 13.2 Å². The Morgan fingerprint density at radius 3 is 2.36 bits per heavy atom. The van der Waals surface area contributed by atoms with Crippen LogP contribution in [0.25, 0.3) is 0 Å². The molecule has 1 aromatic heterocycles. The summed E-state index contributed by atoms with van der Waals surface area (Å²) < 4.78 is 43.1. The molecule has 0 spiro atoms. The van der Waals surface area contributed by atoms with Crippen LogP contribution < -0.4 is 4.74 Å². The molecule has 146 valence electrons. The van der Waals surface area contributed by atoms with Crippen LogP contribution in [0.4, 0.5) is 13.2 Å². The number of aromatic nitrogens is 4. The summed E-state index contributed by atoms with van der Waals surface area (Å²) >= 11 is 0. The third kappa shape index (κ3) is 5.29. The summed E-state index contributed by atoms with van der Waals surface area (Å²) in [7, 11) is 0. The Bertz CT molecular complexity index is 908. The number of benzene rings is 2. The van der Waals surface area contributed by atoms with Gasteiger partial charge in [0.1, 0.15) is 12.4 Å². The summed E-state index contributed by atoms with van der Waals surface area (Å²) in [6, 6.07) is 11.9. The number of nitrogens with zero attached hydrogens (tertiary/aromatic N) is 4. The van der Waals surface area contributed by atoms with Gasteiger partial charge in [-0.15, -0.1) is 10.2 Å². The largest absolute Gasteiger partial charge is 0.485 e. The Hall–Kier alpha value is -3.43. The molecule has 7 nitrogen and oxygen atoms in total. The van der Waals surface area contributed by atoms with Crippen molar-refractivity contribution in [1.82, 2.24) is 20.6 Å². The van der Waals surface area contributed by atoms with E-state index in [1.807, 2.05) is 12.1 Å². The Morgan fingerprint density at radius 2 is 1.75 bits per heavy atom. The summed E-state index contributed by atoms with van der Waals surface area (Å²) in [5.74, 6) is 1.07. The third-order valence-corrected chi connectivity index (χ3v) is 3.74. The minimum absolute atomic E-state index is 0.0708. The van der Waals surface area contributed by atoms with Crippen molar-refractivity contribution in [2.45, 2.75) is 26.3 Å². The fourth-order valence-corrected chi connectivity index (χ4v) is 2.23. The van der Waals surface area contributed by atoms with Gasteiger partial charge >= 0.3 is 6.18 Å². The van der Waals surface area contributed by atoms with Crippen molar-refractivity contribution in [3.8, 4) is 5.75 Å². The summed E-state index contributed by atoms with van der Waals surface area (Å²) in [5, 5.41) is 17.4. The van der Waals surface area contributed by atoms with E-state index in [1.165, 1.54) is 12.1 Å². The molecule has 1 N–H and O–H groups in total. The molecule has 0 saturated heterocycles. The standard InChI is InChI=1S/C18H16F3N5O2/c1-12(24-28-10-13-2-6-15(7-3-13)18(19,20)21)14-4-8-16(9-5-14)27-11-17-22-25-26-23-17/h2-9H,10-11H2,1H3,(H,22,23,25,26)/b24-12+. The molecule has 0 radical (unpaired) electrons. The average Bonchev–Trinajstić information content (AvgIpc) is 3.20. The van der Waals surface area contributed by atoms with E-state index in [4.69, 9.17) is 9.57 Å². The number of alkyl halides is 3. The molecule has 0 atom stereocenters. The van der Waals surface area contributed by atoms with Gasteiger partial charge in [-0.25, -0.2) is 0 Å². The molecule has 3 aromatic rings. The van der Waals surface area contributed by atoms with Crippen LogP contribution in [0.2, 0.25) is 0 Å². The Kier molecular flexibility index (Phi) is 5.87. The lowest BCUT2D eigenvalue weighted by Gasteiger charge is -2.08. The van der Waals surface area contributed by atoms with Crippen molar-refractivity contribution in [1.29, 1.82) is 0 Å². The molecule has 28 heavy (non-hydrogen) atoms. The van der Waals surface area contributed by atoms with E-state index in [0.29, 0.717) is 22.8 Å². The molecular formula is C18H16F3N5O2. The highest BCUT2D eigenvalue weighted by Gasteiger charge is 2.29. The number of rotatable bonds is 7. The van der Waals surface area contributed by atoms with Crippen LogP contribution in [0.1, 0.15) is 29.4 Å². The molecule has 0 unspecified atom stereocenters. The summed E-state index contributed by atoms with van der Waals surface area (Å²) in [5.41, 5.74) is 1.34. The maximum absolute atomic E-state index is 12.5. The SMILES string of the molecule is C/C(=N\OCc1ccc(C(F)(F)F)cc1)c1ccc(OCc2nn[nH]n2)cc1. The van der Waals surface area contributed by atoms with Crippen LogP contribution in [0, 0.1) is 0 Å². The molecule has 0 amide bonds. The molecule has 0 aliphatic carbocycles. The summed E-state index contributed by atoms with van der Waals surface area (Å²) in [6.45, 7) is 2.03. The fraction of sp³-hybridized carbons (Fsp3) is 0.222. The van der Waals surface area contributed by atoms with E-state index in [0.717, 1.165) is 17.7 Å². The van der Waals surface area contributed by atoms with E-state index < -0.39 is 11.7 Å². The van der Waals surface area contributed by atoms with E-state index >= 15 is 0 Å². The first-order chi connectivity index (χ1) is 13.4. The number of H-pyrrole nitrogens is 1. The third-order valence-electron chi connectivity index (χ3n) is 3.74. The number of oxime groups is 1. The number of ether oxygens (including phenoxy) is 1. The predicted molar refractivity (Wildman–Crippen MR) is 93.4 cm³/mol. The predicted octanol–water partition coefficient (Wildman–Crippen LogP) is 3.74. The van der Waals surface area contributed by atoms with Crippen LogP contribution in [-0.2, 0) is 24.2 Å². The number of tetrazole rings is 1. The molecule has 2 aromatic carbocycles. The Morgan fingerprint density at radius 1 is 1.04 bits per heavy atom. The molecule has 0 saturated carbocycles. The van der Waals surface area contributed by atoms with Crippen molar-refractivity contribution in [2.24, 2.45) is 5.16 Å². The van der Waals surface area contributed by atoms with Gasteiger partial charge in [0.2, 0.25) is 5.82 Å². The second kappa shape index (κ2) is 8.51. The normalized spacial score (nSPS) is 12.1. The number of hydrogen-bond donors (Lipinski definition) is 1. The second-order valence-electron chi connectivity index (χ2n) is 5.79. The quantitative estimate of drug-likeness (QED) is 0.490.